The summed E-state index contributed by atoms with van der Waals surface area (Å²) < 4.78 is 24.7. The number of rotatable bonds is 7. The molecule has 1 N–H and O–H groups in total. The molecule has 32 heavy (non-hydrogen) atoms. The lowest BCUT2D eigenvalue weighted by Crippen LogP contribution is -2.54. The smallest absolute Gasteiger partial charge is 0.237 e. The van der Waals surface area contributed by atoms with Gasteiger partial charge in [-0.25, -0.2) is 8.42 Å². The summed E-state index contributed by atoms with van der Waals surface area (Å²) in [5.41, 5.74) is 2.60. The van der Waals surface area contributed by atoms with Crippen molar-refractivity contribution in [3.8, 4) is 0 Å². The molecular weight excluding hydrogens is 450 g/mol. The molecule has 7 nitrogen and oxygen atoms in total. The van der Waals surface area contributed by atoms with E-state index in [1.165, 1.54) is 0 Å². The minimum atomic E-state index is -3.61. The Labute approximate surface area is 194 Å². The minimum Gasteiger partial charge on any atom is -0.337 e. The third-order valence-electron chi connectivity index (χ3n) is 5.44. The van der Waals surface area contributed by atoms with E-state index < -0.39 is 15.9 Å². The molecule has 0 bridgehead atoms. The highest BCUT2D eigenvalue weighted by Crippen LogP contribution is 2.21. The molecule has 2 aromatic carbocycles. The summed E-state index contributed by atoms with van der Waals surface area (Å²) in [6.07, 6.45) is 1.29. The highest BCUT2D eigenvalue weighted by molar-refractivity contribution is 7.89. The normalized spacial score (nSPS) is 17.2. The largest absolute Gasteiger partial charge is 0.337 e. The molecule has 0 spiro atoms. The zero-order valence-corrected chi connectivity index (χ0v) is 19.8. The van der Waals surface area contributed by atoms with E-state index in [2.05, 4.69) is 4.90 Å². The van der Waals surface area contributed by atoms with Crippen LogP contribution in [0.4, 0.5) is 0 Å². The van der Waals surface area contributed by atoms with Crippen LogP contribution in [-0.4, -0.2) is 62.0 Å². The molecule has 2 amide bonds. The van der Waals surface area contributed by atoms with Gasteiger partial charge in [-0.15, -0.1) is 0 Å². The van der Waals surface area contributed by atoms with Gasteiger partial charge >= 0.3 is 0 Å². The van der Waals surface area contributed by atoms with Crippen molar-refractivity contribution in [1.82, 2.24) is 14.5 Å². The Morgan fingerprint density at radius 2 is 1.78 bits per heavy atom. The van der Waals surface area contributed by atoms with E-state index in [4.69, 9.17) is 11.6 Å². The van der Waals surface area contributed by atoms with Crippen molar-refractivity contribution >= 4 is 33.4 Å². The third-order valence-corrected chi connectivity index (χ3v) is 6.28. The first kappa shape index (κ1) is 24.2. The molecule has 0 saturated carbocycles. The summed E-state index contributed by atoms with van der Waals surface area (Å²) in [5.74, 6) is -0.468. The molecule has 0 aliphatic carbocycles. The van der Waals surface area contributed by atoms with Gasteiger partial charge in [-0.3, -0.25) is 19.2 Å². The standard InChI is InChI=1S/C23H28ClN3O4S/c1-17-15-26(10-11-27(17)23(29)12-18-6-4-3-5-7-18)16-20-13-21(24)9-8-19(20)14-22(28)25-32(2,30)31/h3-9,13,17H,10-12,14-16H2,1-2H3,(H,25,28)/t17-/m0/s1. The topological polar surface area (TPSA) is 86.8 Å². The van der Waals surface area contributed by atoms with E-state index >= 15 is 0 Å². The fourth-order valence-corrected chi connectivity index (χ4v) is 4.67. The van der Waals surface area contributed by atoms with E-state index in [-0.39, 0.29) is 18.4 Å². The van der Waals surface area contributed by atoms with Crippen LogP contribution in [0, 0.1) is 0 Å². The molecule has 0 radical (unpaired) electrons. The molecule has 1 atom stereocenters. The predicted octanol–water partition coefficient (Wildman–Crippen LogP) is 2.23. The Bertz CT molecular complexity index is 1080. The Morgan fingerprint density at radius 1 is 1.06 bits per heavy atom. The Hall–Kier alpha value is -2.42. The summed E-state index contributed by atoms with van der Waals surface area (Å²) >= 11 is 6.18. The van der Waals surface area contributed by atoms with Crippen LogP contribution in [0.25, 0.3) is 0 Å². The van der Waals surface area contributed by atoms with Gasteiger partial charge in [0, 0.05) is 37.2 Å². The molecule has 0 aromatic heterocycles. The summed E-state index contributed by atoms with van der Waals surface area (Å²) in [7, 11) is -3.61. The Balaban J connectivity index is 1.63. The van der Waals surface area contributed by atoms with E-state index in [9.17, 15) is 18.0 Å². The molecule has 172 valence electrons. The maximum Gasteiger partial charge on any atom is 0.237 e. The zero-order valence-electron chi connectivity index (χ0n) is 18.3. The molecule has 1 aliphatic heterocycles. The quantitative estimate of drug-likeness (QED) is 0.660. The highest BCUT2D eigenvalue weighted by Gasteiger charge is 2.27. The average Bonchev–Trinajstić information content (AvgIpc) is 2.69. The van der Waals surface area contributed by atoms with Crippen molar-refractivity contribution in [1.29, 1.82) is 0 Å². The van der Waals surface area contributed by atoms with Crippen LogP contribution in [0.2, 0.25) is 5.02 Å². The number of amides is 2. The number of carbonyl (C=O) groups excluding carboxylic acids is 2. The van der Waals surface area contributed by atoms with Crippen LogP contribution in [-0.2, 0) is 39.0 Å². The van der Waals surface area contributed by atoms with Crippen LogP contribution in [0.5, 0.6) is 0 Å². The average molecular weight is 478 g/mol. The number of piperazine rings is 1. The van der Waals surface area contributed by atoms with E-state index in [1.54, 1.807) is 12.1 Å². The summed E-state index contributed by atoms with van der Waals surface area (Å²) in [6.45, 7) is 4.62. The first-order valence-electron chi connectivity index (χ1n) is 10.4. The lowest BCUT2D eigenvalue weighted by atomic mass is 10.0. The van der Waals surface area contributed by atoms with E-state index in [0.29, 0.717) is 37.6 Å². The van der Waals surface area contributed by atoms with Crippen molar-refractivity contribution < 1.29 is 18.0 Å². The number of nitrogens with zero attached hydrogens (tertiary/aromatic N) is 2. The number of nitrogens with one attached hydrogen (secondary N) is 1. The van der Waals surface area contributed by atoms with E-state index in [0.717, 1.165) is 22.9 Å². The van der Waals surface area contributed by atoms with Gasteiger partial charge in [0.1, 0.15) is 0 Å². The van der Waals surface area contributed by atoms with Gasteiger partial charge < -0.3 is 4.90 Å². The van der Waals surface area contributed by atoms with Gasteiger partial charge in [0.25, 0.3) is 0 Å². The van der Waals surface area contributed by atoms with Gasteiger partial charge in [0.15, 0.2) is 0 Å². The molecular formula is C23H28ClN3O4S. The highest BCUT2D eigenvalue weighted by atomic mass is 35.5. The SMILES string of the molecule is C[C@H]1CN(Cc2cc(Cl)ccc2CC(=O)NS(C)(=O)=O)CCN1C(=O)Cc1ccccc1. The molecule has 1 fully saturated rings. The number of hydrogen-bond acceptors (Lipinski definition) is 5. The first-order chi connectivity index (χ1) is 15.1. The number of halogens is 1. The van der Waals surface area contributed by atoms with Gasteiger partial charge in [-0.2, -0.15) is 0 Å². The molecule has 1 aliphatic rings. The maximum absolute atomic E-state index is 12.8. The van der Waals surface area contributed by atoms with Crippen LogP contribution in [0.15, 0.2) is 48.5 Å². The summed E-state index contributed by atoms with van der Waals surface area (Å²) in [4.78, 5) is 29.0. The predicted molar refractivity (Wildman–Crippen MR) is 125 cm³/mol. The molecule has 2 aromatic rings. The summed E-state index contributed by atoms with van der Waals surface area (Å²) in [5, 5.41) is 0.553. The molecule has 3 rings (SSSR count). The molecule has 1 heterocycles. The van der Waals surface area contributed by atoms with E-state index in [1.807, 2.05) is 52.9 Å². The molecule has 9 heteroatoms. The summed E-state index contributed by atoms with van der Waals surface area (Å²) in [6, 6.07) is 15.0. The third kappa shape index (κ3) is 7.05. The molecule has 0 unspecified atom stereocenters. The Morgan fingerprint density at radius 3 is 2.44 bits per heavy atom. The zero-order chi connectivity index (χ0) is 23.3. The van der Waals surface area contributed by atoms with Crippen LogP contribution >= 0.6 is 11.6 Å². The van der Waals surface area contributed by atoms with Crippen molar-refractivity contribution in [2.45, 2.75) is 32.4 Å². The fraction of sp³-hybridized carbons (Fsp3) is 0.391. The van der Waals surface area contributed by atoms with Crippen molar-refractivity contribution in [2.75, 3.05) is 25.9 Å². The number of sulfonamides is 1. The van der Waals surface area contributed by atoms with Gasteiger partial charge in [0.2, 0.25) is 21.8 Å². The second-order valence-electron chi connectivity index (χ2n) is 8.22. The van der Waals surface area contributed by atoms with Gasteiger partial charge in [0.05, 0.1) is 19.1 Å². The Kier molecular flexibility index (Phi) is 7.92. The lowest BCUT2D eigenvalue weighted by Gasteiger charge is -2.40. The second-order valence-corrected chi connectivity index (χ2v) is 10.4. The van der Waals surface area contributed by atoms with Crippen LogP contribution < -0.4 is 4.72 Å². The van der Waals surface area contributed by atoms with Crippen molar-refractivity contribution in [3.63, 3.8) is 0 Å². The van der Waals surface area contributed by atoms with Crippen molar-refractivity contribution in [2.24, 2.45) is 0 Å². The van der Waals surface area contributed by atoms with Gasteiger partial charge in [-0.1, -0.05) is 48.0 Å². The number of hydrogen-bond donors (Lipinski definition) is 1. The minimum absolute atomic E-state index is 0.0509. The second kappa shape index (κ2) is 10.5. The maximum atomic E-state index is 12.8. The fourth-order valence-electron chi connectivity index (χ4n) is 3.99. The van der Waals surface area contributed by atoms with Crippen LogP contribution in [0.1, 0.15) is 23.6 Å². The first-order valence-corrected chi connectivity index (χ1v) is 12.7. The van der Waals surface area contributed by atoms with Crippen LogP contribution in [0.3, 0.4) is 0 Å². The molecule has 1 saturated heterocycles. The number of benzene rings is 2. The number of carbonyl (C=O) groups is 2. The lowest BCUT2D eigenvalue weighted by molar-refractivity contribution is -0.135. The van der Waals surface area contributed by atoms with Gasteiger partial charge in [-0.05, 0) is 35.7 Å². The van der Waals surface area contributed by atoms with Crippen molar-refractivity contribution in [3.05, 3.63) is 70.2 Å². The monoisotopic (exact) mass is 477 g/mol.